The summed E-state index contributed by atoms with van der Waals surface area (Å²) in [5.74, 6) is 1.82. The van der Waals surface area contributed by atoms with Crippen molar-refractivity contribution >= 4 is 16.0 Å². The molecule has 3 atom stereocenters. The van der Waals surface area contributed by atoms with Crippen molar-refractivity contribution in [3.8, 4) is 0 Å². The Morgan fingerprint density at radius 2 is 2.00 bits per heavy atom. The fourth-order valence-electron chi connectivity index (χ4n) is 4.80. The van der Waals surface area contributed by atoms with Crippen molar-refractivity contribution in [2.75, 3.05) is 26.3 Å². The predicted molar refractivity (Wildman–Crippen MR) is 99.4 cm³/mol. The van der Waals surface area contributed by atoms with Gasteiger partial charge in [-0.1, -0.05) is 18.6 Å². The SMILES string of the molecule is O=C(C[C@@H]1C[C@@H]2CC[C@@H]1C2)OCc1cccc(S(=O)(=O)N2CCOCC2)c1. The van der Waals surface area contributed by atoms with Gasteiger partial charge in [-0.15, -0.1) is 0 Å². The molecule has 148 valence electrons. The Morgan fingerprint density at radius 1 is 1.19 bits per heavy atom. The van der Waals surface area contributed by atoms with Gasteiger partial charge in [0.2, 0.25) is 10.0 Å². The zero-order chi connectivity index (χ0) is 18.9. The molecule has 2 saturated carbocycles. The third-order valence-corrected chi connectivity index (χ3v) is 8.11. The zero-order valence-corrected chi connectivity index (χ0v) is 16.3. The van der Waals surface area contributed by atoms with Crippen LogP contribution in [0.15, 0.2) is 29.2 Å². The van der Waals surface area contributed by atoms with Crippen LogP contribution in [0.2, 0.25) is 0 Å². The molecule has 0 amide bonds. The summed E-state index contributed by atoms with van der Waals surface area (Å²) in [4.78, 5) is 12.5. The van der Waals surface area contributed by atoms with Crippen LogP contribution in [0.3, 0.4) is 0 Å². The van der Waals surface area contributed by atoms with E-state index in [0.717, 1.165) is 12.3 Å². The van der Waals surface area contributed by atoms with Gasteiger partial charge in [0.25, 0.3) is 0 Å². The van der Waals surface area contributed by atoms with Gasteiger partial charge < -0.3 is 9.47 Å². The van der Waals surface area contributed by atoms with E-state index in [-0.39, 0.29) is 17.5 Å². The molecule has 3 fully saturated rings. The van der Waals surface area contributed by atoms with Crippen LogP contribution in [0.4, 0.5) is 0 Å². The topological polar surface area (TPSA) is 72.9 Å². The molecule has 1 heterocycles. The van der Waals surface area contributed by atoms with Crippen LogP contribution < -0.4 is 0 Å². The first-order valence-corrected chi connectivity index (χ1v) is 11.3. The van der Waals surface area contributed by atoms with Crippen LogP contribution in [-0.2, 0) is 30.9 Å². The quantitative estimate of drug-likeness (QED) is 0.695. The van der Waals surface area contributed by atoms with Crippen molar-refractivity contribution in [2.45, 2.75) is 43.6 Å². The maximum atomic E-state index is 12.7. The molecule has 0 unspecified atom stereocenters. The van der Waals surface area contributed by atoms with Crippen molar-refractivity contribution in [1.82, 2.24) is 4.31 Å². The second-order valence-corrected chi connectivity index (χ2v) is 9.90. The molecule has 7 heteroatoms. The minimum atomic E-state index is -3.53. The highest BCUT2D eigenvalue weighted by atomic mass is 32.2. The highest BCUT2D eigenvalue weighted by molar-refractivity contribution is 7.89. The molecule has 2 aliphatic carbocycles. The first kappa shape index (κ1) is 18.9. The Kier molecular flexibility index (Phi) is 5.53. The first-order chi connectivity index (χ1) is 13.0. The molecule has 1 saturated heterocycles. The Morgan fingerprint density at radius 3 is 2.70 bits per heavy atom. The first-order valence-electron chi connectivity index (χ1n) is 9.85. The lowest BCUT2D eigenvalue weighted by molar-refractivity contribution is -0.146. The molecule has 0 N–H and O–H groups in total. The Balaban J connectivity index is 1.34. The summed E-state index contributed by atoms with van der Waals surface area (Å²) in [6, 6.07) is 6.69. The van der Waals surface area contributed by atoms with Crippen LogP contribution in [0.1, 0.15) is 37.7 Å². The molecule has 1 aliphatic heterocycles. The molecule has 3 aliphatic rings. The van der Waals surface area contributed by atoms with Crippen molar-refractivity contribution in [3.63, 3.8) is 0 Å². The number of benzene rings is 1. The van der Waals surface area contributed by atoms with Crippen LogP contribution >= 0.6 is 0 Å². The number of sulfonamides is 1. The molecule has 2 bridgehead atoms. The maximum Gasteiger partial charge on any atom is 0.306 e. The zero-order valence-electron chi connectivity index (χ0n) is 15.5. The van der Waals surface area contributed by atoms with Crippen molar-refractivity contribution in [2.24, 2.45) is 17.8 Å². The van der Waals surface area contributed by atoms with E-state index in [1.54, 1.807) is 24.3 Å². The normalized spacial score (nSPS) is 28.4. The van der Waals surface area contributed by atoms with Crippen molar-refractivity contribution in [1.29, 1.82) is 0 Å². The molecule has 6 nitrogen and oxygen atoms in total. The molecule has 4 rings (SSSR count). The molecule has 0 aromatic heterocycles. The predicted octanol–water partition coefficient (Wildman–Crippen LogP) is 2.58. The Bertz CT molecular complexity index is 787. The lowest BCUT2D eigenvalue weighted by Gasteiger charge is -2.26. The minimum Gasteiger partial charge on any atom is -0.461 e. The standard InChI is InChI=1S/C20H27NO5S/c22-20(13-18-11-15-4-5-17(18)10-15)26-14-16-2-1-3-19(12-16)27(23,24)21-6-8-25-9-7-21/h1-3,12,15,17-18H,4-11,13-14H2/t15-,17-,18+/m1/s1. The smallest absolute Gasteiger partial charge is 0.306 e. The Labute approximate surface area is 160 Å². The monoisotopic (exact) mass is 393 g/mol. The number of carbonyl (C=O) groups excluding carboxylic acids is 1. The number of hydrogen-bond donors (Lipinski definition) is 0. The highest BCUT2D eigenvalue weighted by Crippen LogP contribution is 2.49. The number of ether oxygens (including phenoxy) is 2. The van der Waals surface area contributed by atoms with Gasteiger partial charge in [-0.3, -0.25) is 4.79 Å². The largest absolute Gasteiger partial charge is 0.461 e. The van der Waals surface area contributed by atoms with E-state index < -0.39 is 10.0 Å². The Hall–Kier alpha value is -1.44. The van der Waals surface area contributed by atoms with E-state index in [4.69, 9.17) is 9.47 Å². The van der Waals surface area contributed by atoms with Gasteiger partial charge in [0.1, 0.15) is 6.61 Å². The fraction of sp³-hybridized carbons (Fsp3) is 0.650. The molecule has 0 spiro atoms. The van der Waals surface area contributed by atoms with Crippen LogP contribution in [0.5, 0.6) is 0 Å². The lowest BCUT2D eigenvalue weighted by atomic mass is 9.86. The lowest BCUT2D eigenvalue weighted by Crippen LogP contribution is -2.40. The molecule has 1 aromatic rings. The van der Waals surface area contributed by atoms with Gasteiger partial charge in [0, 0.05) is 19.5 Å². The summed E-state index contributed by atoms with van der Waals surface area (Å²) in [6.45, 7) is 1.68. The van der Waals surface area contributed by atoms with Gasteiger partial charge in [-0.2, -0.15) is 4.31 Å². The van der Waals surface area contributed by atoms with E-state index in [9.17, 15) is 13.2 Å². The number of morpholine rings is 1. The van der Waals surface area contributed by atoms with Gasteiger partial charge in [-0.05, 0) is 54.7 Å². The molecule has 27 heavy (non-hydrogen) atoms. The third kappa shape index (κ3) is 4.20. The molecular weight excluding hydrogens is 366 g/mol. The van der Waals surface area contributed by atoms with E-state index >= 15 is 0 Å². The summed E-state index contributed by atoms with van der Waals surface area (Å²) >= 11 is 0. The molecular formula is C20H27NO5S. The number of nitrogens with zero attached hydrogens (tertiary/aromatic N) is 1. The third-order valence-electron chi connectivity index (χ3n) is 6.22. The second kappa shape index (κ2) is 7.89. The summed E-state index contributed by atoms with van der Waals surface area (Å²) < 4.78 is 37.6. The van der Waals surface area contributed by atoms with Crippen LogP contribution in [0, 0.1) is 17.8 Å². The van der Waals surface area contributed by atoms with Crippen LogP contribution in [-0.4, -0.2) is 45.0 Å². The minimum absolute atomic E-state index is 0.117. The van der Waals surface area contributed by atoms with Gasteiger partial charge in [0.05, 0.1) is 18.1 Å². The summed E-state index contributed by atoms with van der Waals surface area (Å²) in [5, 5.41) is 0. The van der Waals surface area contributed by atoms with E-state index in [1.165, 1.54) is 23.6 Å². The van der Waals surface area contributed by atoms with Gasteiger partial charge in [0.15, 0.2) is 0 Å². The van der Waals surface area contributed by atoms with Gasteiger partial charge in [-0.25, -0.2) is 8.42 Å². The second-order valence-electron chi connectivity index (χ2n) is 7.96. The summed E-state index contributed by atoms with van der Waals surface area (Å²) in [6.07, 6.45) is 5.50. The van der Waals surface area contributed by atoms with E-state index in [0.29, 0.717) is 50.1 Å². The van der Waals surface area contributed by atoms with E-state index in [2.05, 4.69) is 0 Å². The summed E-state index contributed by atoms with van der Waals surface area (Å²) in [5.41, 5.74) is 0.700. The number of fused-ring (bicyclic) bond motifs is 2. The highest BCUT2D eigenvalue weighted by Gasteiger charge is 2.40. The number of carbonyl (C=O) groups is 1. The van der Waals surface area contributed by atoms with Crippen molar-refractivity contribution in [3.05, 3.63) is 29.8 Å². The number of rotatable bonds is 6. The van der Waals surface area contributed by atoms with Crippen molar-refractivity contribution < 1.29 is 22.7 Å². The van der Waals surface area contributed by atoms with Gasteiger partial charge >= 0.3 is 5.97 Å². The summed E-state index contributed by atoms with van der Waals surface area (Å²) in [7, 11) is -3.53. The molecule has 1 aromatic carbocycles. The fourth-order valence-corrected chi connectivity index (χ4v) is 6.27. The average Bonchev–Trinajstić information content (AvgIpc) is 3.30. The average molecular weight is 394 g/mol. The van der Waals surface area contributed by atoms with Crippen LogP contribution in [0.25, 0.3) is 0 Å². The number of esters is 1. The maximum absolute atomic E-state index is 12.7. The molecule has 0 radical (unpaired) electrons. The van der Waals surface area contributed by atoms with E-state index in [1.807, 2.05) is 0 Å². The number of hydrogen-bond acceptors (Lipinski definition) is 5.